The Bertz CT molecular complexity index is 2930. The van der Waals surface area contributed by atoms with Crippen molar-refractivity contribution in [1.29, 1.82) is 0 Å². The monoisotopic (exact) mass is 998 g/mol. The van der Waals surface area contributed by atoms with Crippen LogP contribution >= 0.6 is 0 Å². The van der Waals surface area contributed by atoms with E-state index in [1.165, 1.54) is 10.9 Å². The van der Waals surface area contributed by atoms with Gasteiger partial charge in [-0.3, -0.25) is 19.6 Å². The van der Waals surface area contributed by atoms with E-state index in [2.05, 4.69) is 62.0 Å². The van der Waals surface area contributed by atoms with Gasteiger partial charge in [0.25, 0.3) is 0 Å². The zero-order valence-corrected chi connectivity index (χ0v) is 43.6. The Morgan fingerprint density at radius 2 is 1.73 bits per heavy atom. The second-order valence-electron chi connectivity index (χ2n) is 23.8. The number of nitrogens with zero attached hydrogens (tertiary/aromatic N) is 9. The third-order valence-corrected chi connectivity index (χ3v) is 17.6. The summed E-state index contributed by atoms with van der Waals surface area (Å²) in [4.78, 5) is 53.5. The summed E-state index contributed by atoms with van der Waals surface area (Å²) in [5, 5.41) is 17.2. The van der Waals surface area contributed by atoms with Crippen molar-refractivity contribution < 1.29 is 38.2 Å². The van der Waals surface area contributed by atoms with E-state index >= 15 is 0 Å². The van der Waals surface area contributed by atoms with E-state index in [9.17, 15) is 14.7 Å². The number of aliphatic carboxylic acids is 1. The van der Waals surface area contributed by atoms with Crippen LogP contribution < -0.4 is 19.3 Å². The molecule has 388 valence electrons. The maximum Gasteiger partial charge on any atom is 0.410 e. The summed E-state index contributed by atoms with van der Waals surface area (Å²) in [6, 6.07) is 13.3. The number of hydrogen-bond donors (Lipinski definition) is 1. The number of carbonyl (C=O) groups excluding carboxylic acids is 1. The summed E-state index contributed by atoms with van der Waals surface area (Å²) in [5.74, 6) is 1.03. The maximum atomic E-state index is 13.6. The summed E-state index contributed by atoms with van der Waals surface area (Å²) >= 11 is 0. The second kappa shape index (κ2) is 18.3. The SMILES string of the molecule is COCOc1cc2c3c(cccc3c1)C(C)c1c-2ncc2c(N3CC4CCC(C3)N4C(=O)OC(C)(C)C)nc(OC[C@@]34CCCN3[C@H](CN3CCC5(CC3)CN(c3cc(C(C(=O)O)C(C)C)on3)C5)CC4)nc12. The van der Waals surface area contributed by atoms with Crippen LogP contribution in [0.3, 0.4) is 0 Å². The molecule has 1 N–H and O–H groups in total. The normalized spacial score (nSPS) is 25.9. The highest BCUT2D eigenvalue weighted by atomic mass is 16.7. The molecule has 2 bridgehead atoms. The van der Waals surface area contributed by atoms with Crippen LogP contribution in [0.1, 0.15) is 122 Å². The number of anilines is 2. The summed E-state index contributed by atoms with van der Waals surface area (Å²) in [7, 11) is 1.63. The van der Waals surface area contributed by atoms with Crippen molar-refractivity contribution in [2.45, 2.75) is 134 Å². The third kappa shape index (κ3) is 8.50. The van der Waals surface area contributed by atoms with E-state index in [0.717, 1.165) is 141 Å². The standard InChI is InChI=1S/C56H71N9O8/c1-33(2)45(51(66)67)43-24-44(60-73-43)63-29-55(30-63)17-20-61(21-18-55)26-36-14-16-56(15-9-19-64(36)56)31-70-52-58-49-42(50(59-52)62-27-37-12-13-38(28-62)65(37)53(68)72-54(4,5)6)25-57-48-41-23-39(71-32-69-7)22-35-10-8-11-40(47(35)41)34(3)46(48)49/h8,10-11,22-25,33-34,36-38,45H,9,12-21,26-32H2,1-7H3,(H,66,67)/t34?,36-,37?,38?,45?,56-/m0/s1. The molecule has 2 aromatic carbocycles. The molecule has 4 unspecified atom stereocenters. The molecule has 1 aliphatic carbocycles. The molecule has 17 nitrogen and oxygen atoms in total. The molecule has 0 saturated carbocycles. The Kier molecular flexibility index (Phi) is 12.0. The molecule has 6 aliphatic heterocycles. The Labute approximate surface area is 427 Å². The molecular weight excluding hydrogens is 927 g/mol. The summed E-state index contributed by atoms with van der Waals surface area (Å²) in [5.41, 5.74) is 4.60. The molecule has 6 saturated heterocycles. The molecule has 12 rings (SSSR count). The quantitative estimate of drug-likeness (QED) is 0.111. The number of rotatable bonds is 13. The zero-order chi connectivity index (χ0) is 50.6. The van der Waals surface area contributed by atoms with Gasteiger partial charge in [-0.05, 0) is 126 Å². The van der Waals surface area contributed by atoms with Crippen LogP contribution in [0.2, 0.25) is 0 Å². The number of piperazine rings is 1. The Morgan fingerprint density at radius 3 is 2.45 bits per heavy atom. The molecule has 6 atom stereocenters. The van der Waals surface area contributed by atoms with Crippen molar-refractivity contribution >= 4 is 45.4 Å². The molecule has 5 aromatic rings. The average molecular weight is 998 g/mol. The van der Waals surface area contributed by atoms with E-state index < -0.39 is 17.5 Å². The number of pyridine rings is 1. The number of piperidine rings is 1. The summed E-state index contributed by atoms with van der Waals surface area (Å²) < 4.78 is 29.9. The number of methoxy groups -OCH3 is 1. The first kappa shape index (κ1) is 48.2. The van der Waals surface area contributed by atoms with Crippen molar-refractivity contribution in [3.05, 3.63) is 59.5 Å². The van der Waals surface area contributed by atoms with Crippen LogP contribution in [0.5, 0.6) is 11.8 Å². The number of carboxylic acids is 1. The number of benzene rings is 2. The highest BCUT2D eigenvalue weighted by molar-refractivity contribution is 6.06. The Hall–Kier alpha value is -5.78. The topological polar surface area (TPSA) is 172 Å². The number of carboxylic acid groups (broad SMARTS) is 1. The average Bonchev–Trinajstić information content (AvgIpc) is 4.13. The molecular formula is C56H71N9O8. The van der Waals surface area contributed by atoms with Crippen LogP contribution in [0.25, 0.3) is 32.9 Å². The minimum Gasteiger partial charge on any atom is -0.481 e. The highest BCUT2D eigenvalue weighted by Gasteiger charge is 2.52. The minimum absolute atomic E-state index is 0.00429. The van der Waals surface area contributed by atoms with Gasteiger partial charge in [0.15, 0.2) is 18.4 Å². The van der Waals surface area contributed by atoms with Crippen molar-refractivity contribution in [3.8, 4) is 23.0 Å². The number of ether oxygens (including phenoxy) is 4. The van der Waals surface area contributed by atoms with Gasteiger partial charge in [0.1, 0.15) is 29.7 Å². The lowest BCUT2D eigenvalue weighted by atomic mass is 9.72. The second-order valence-corrected chi connectivity index (χ2v) is 23.8. The Balaban J connectivity index is 0.790. The fourth-order valence-corrected chi connectivity index (χ4v) is 14.1. The van der Waals surface area contributed by atoms with Crippen molar-refractivity contribution in [2.75, 3.05) is 82.7 Å². The van der Waals surface area contributed by atoms with Crippen LogP contribution in [0, 0.1) is 11.3 Å². The largest absolute Gasteiger partial charge is 0.481 e. The predicted octanol–water partition coefficient (Wildman–Crippen LogP) is 8.67. The third-order valence-electron chi connectivity index (χ3n) is 17.6. The first-order valence-electron chi connectivity index (χ1n) is 26.8. The van der Waals surface area contributed by atoms with E-state index in [4.69, 9.17) is 38.4 Å². The molecule has 73 heavy (non-hydrogen) atoms. The van der Waals surface area contributed by atoms with Gasteiger partial charge in [-0.1, -0.05) is 44.1 Å². The number of hydrogen-bond acceptors (Lipinski definition) is 15. The molecule has 7 aliphatic rings. The predicted molar refractivity (Wildman–Crippen MR) is 277 cm³/mol. The number of likely N-dealkylation sites (tertiary alicyclic amines) is 1. The molecule has 9 heterocycles. The molecule has 3 aromatic heterocycles. The highest BCUT2D eigenvalue weighted by Crippen LogP contribution is 2.50. The fraction of sp³-hybridized carbons (Fsp3) is 0.607. The number of aromatic nitrogens is 4. The van der Waals surface area contributed by atoms with Gasteiger partial charge in [0.05, 0.1) is 34.2 Å². The molecule has 17 heteroatoms. The summed E-state index contributed by atoms with van der Waals surface area (Å²) in [6.45, 7) is 19.9. The van der Waals surface area contributed by atoms with E-state index in [-0.39, 0.29) is 47.8 Å². The van der Waals surface area contributed by atoms with E-state index in [1.54, 1.807) is 7.11 Å². The van der Waals surface area contributed by atoms with Crippen LogP contribution in [-0.4, -0.2) is 154 Å². The van der Waals surface area contributed by atoms with Crippen LogP contribution in [0.4, 0.5) is 16.4 Å². The number of fused-ring (bicyclic) bond motifs is 7. The van der Waals surface area contributed by atoms with Crippen molar-refractivity contribution in [1.82, 2.24) is 34.8 Å². The molecule has 1 amide bonds. The molecule has 6 fully saturated rings. The lowest BCUT2D eigenvalue weighted by Gasteiger charge is -2.54. The maximum absolute atomic E-state index is 13.6. The van der Waals surface area contributed by atoms with Gasteiger partial charge in [-0.2, -0.15) is 9.97 Å². The van der Waals surface area contributed by atoms with E-state index in [1.807, 2.05) is 51.8 Å². The van der Waals surface area contributed by atoms with Crippen molar-refractivity contribution in [2.24, 2.45) is 11.3 Å². The molecule has 1 spiro atoms. The van der Waals surface area contributed by atoms with Gasteiger partial charge in [-0.25, -0.2) is 4.79 Å². The zero-order valence-electron chi connectivity index (χ0n) is 43.6. The van der Waals surface area contributed by atoms with Crippen LogP contribution in [0.15, 0.2) is 47.1 Å². The van der Waals surface area contributed by atoms with Crippen molar-refractivity contribution in [3.63, 3.8) is 0 Å². The van der Waals surface area contributed by atoms with Crippen LogP contribution in [-0.2, 0) is 14.3 Å². The summed E-state index contributed by atoms with van der Waals surface area (Å²) in [6.07, 6.45) is 10.2. The Morgan fingerprint density at radius 1 is 0.945 bits per heavy atom. The van der Waals surface area contributed by atoms with Gasteiger partial charge < -0.3 is 43.3 Å². The van der Waals surface area contributed by atoms with Gasteiger partial charge in [0, 0.05) is 80.6 Å². The number of amides is 1. The minimum atomic E-state index is -0.879. The molecule has 0 radical (unpaired) electrons. The fourth-order valence-electron chi connectivity index (χ4n) is 14.1. The van der Waals surface area contributed by atoms with E-state index in [0.29, 0.717) is 37.5 Å². The lowest BCUT2D eigenvalue weighted by molar-refractivity contribution is -0.140. The smallest absolute Gasteiger partial charge is 0.410 e. The lowest BCUT2D eigenvalue weighted by Crippen LogP contribution is -2.61. The van der Waals surface area contributed by atoms with Gasteiger partial charge >= 0.3 is 18.1 Å². The van der Waals surface area contributed by atoms with Gasteiger partial charge in [-0.15, -0.1) is 0 Å². The first-order chi connectivity index (χ1) is 35.1. The van der Waals surface area contributed by atoms with Gasteiger partial charge in [0.2, 0.25) is 0 Å². The number of carbonyl (C=O) groups is 2. The first-order valence-corrected chi connectivity index (χ1v) is 26.8.